The fourth-order valence-electron chi connectivity index (χ4n) is 2.37. The van der Waals surface area contributed by atoms with Gasteiger partial charge in [-0.3, -0.25) is 4.79 Å². The van der Waals surface area contributed by atoms with Gasteiger partial charge in [-0.15, -0.1) is 11.8 Å². The second-order valence-corrected chi connectivity index (χ2v) is 6.32. The summed E-state index contributed by atoms with van der Waals surface area (Å²) in [7, 11) is 0. The first-order chi connectivity index (χ1) is 11.0. The monoisotopic (exact) mass is 329 g/mol. The van der Waals surface area contributed by atoms with Crippen LogP contribution in [0.2, 0.25) is 0 Å². The first-order valence-corrected chi connectivity index (χ1v) is 8.95. The Kier molecular flexibility index (Phi) is 6.11. The number of hydrogen-bond acceptors (Lipinski definition) is 3. The topological polar surface area (TPSA) is 38.3 Å². The molecule has 0 saturated carbocycles. The van der Waals surface area contributed by atoms with E-state index in [0.29, 0.717) is 6.42 Å². The fraction of sp³-hybridized carbons (Fsp3) is 0.316. The van der Waals surface area contributed by atoms with Gasteiger partial charge in [0.25, 0.3) is 5.91 Å². The minimum atomic E-state index is -0.508. The molecule has 1 amide bonds. The molecule has 0 aliphatic rings. The van der Waals surface area contributed by atoms with E-state index >= 15 is 0 Å². The molecule has 0 aliphatic carbocycles. The highest BCUT2D eigenvalue weighted by Gasteiger charge is 2.20. The van der Waals surface area contributed by atoms with Crippen molar-refractivity contribution in [1.29, 1.82) is 0 Å². The number of nitrogens with one attached hydrogen (secondary N) is 1. The zero-order chi connectivity index (χ0) is 16.8. The van der Waals surface area contributed by atoms with Crippen LogP contribution in [0.5, 0.6) is 5.75 Å². The van der Waals surface area contributed by atoms with Gasteiger partial charge in [0.1, 0.15) is 5.75 Å². The standard InChI is InChI=1S/C19H23NO2S/c1-5-16(22-17-11-10-13(2)12-14(17)3)19(21)20-15-8-6-7-9-18(15)23-4/h6-12,16H,5H2,1-4H3,(H,20,21)/t16-/m1/s1. The average molecular weight is 329 g/mol. The van der Waals surface area contributed by atoms with Crippen molar-refractivity contribution in [2.24, 2.45) is 0 Å². The number of aryl methyl sites for hydroxylation is 2. The van der Waals surface area contributed by atoms with Crippen LogP contribution >= 0.6 is 11.8 Å². The smallest absolute Gasteiger partial charge is 0.265 e. The highest BCUT2D eigenvalue weighted by atomic mass is 32.2. The van der Waals surface area contributed by atoms with E-state index in [1.807, 2.05) is 63.4 Å². The van der Waals surface area contributed by atoms with Gasteiger partial charge in [0.15, 0.2) is 6.10 Å². The summed E-state index contributed by atoms with van der Waals surface area (Å²) in [6.07, 6.45) is 2.10. The zero-order valence-electron chi connectivity index (χ0n) is 14.1. The Morgan fingerprint density at radius 3 is 2.61 bits per heavy atom. The van der Waals surface area contributed by atoms with Gasteiger partial charge in [-0.25, -0.2) is 0 Å². The number of anilines is 1. The first kappa shape index (κ1) is 17.4. The highest BCUT2D eigenvalue weighted by molar-refractivity contribution is 7.98. The number of thioether (sulfide) groups is 1. The molecule has 122 valence electrons. The number of amides is 1. The lowest BCUT2D eigenvalue weighted by atomic mass is 10.1. The van der Waals surface area contributed by atoms with Gasteiger partial charge in [-0.05, 0) is 50.3 Å². The summed E-state index contributed by atoms with van der Waals surface area (Å²) in [5, 5.41) is 2.98. The summed E-state index contributed by atoms with van der Waals surface area (Å²) in [5.41, 5.74) is 3.05. The van der Waals surface area contributed by atoms with E-state index in [1.54, 1.807) is 11.8 Å². The summed E-state index contributed by atoms with van der Waals surface area (Å²) in [6.45, 7) is 5.99. The third-order valence-electron chi connectivity index (χ3n) is 3.63. The Hall–Kier alpha value is -1.94. The highest BCUT2D eigenvalue weighted by Crippen LogP contribution is 2.26. The van der Waals surface area contributed by atoms with Crippen molar-refractivity contribution in [1.82, 2.24) is 0 Å². The van der Waals surface area contributed by atoms with Crippen LogP contribution in [0.25, 0.3) is 0 Å². The van der Waals surface area contributed by atoms with Gasteiger partial charge in [-0.2, -0.15) is 0 Å². The van der Waals surface area contributed by atoms with Crippen LogP contribution < -0.4 is 10.1 Å². The number of hydrogen-bond donors (Lipinski definition) is 1. The molecule has 3 nitrogen and oxygen atoms in total. The molecule has 2 aromatic carbocycles. The third-order valence-corrected chi connectivity index (χ3v) is 4.42. The molecular formula is C19H23NO2S. The lowest BCUT2D eigenvalue weighted by molar-refractivity contribution is -0.122. The summed E-state index contributed by atoms with van der Waals surface area (Å²) < 4.78 is 5.94. The summed E-state index contributed by atoms with van der Waals surface area (Å²) in [5.74, 6) is 0.643. The van der Waals surface area contributed by atoms with Crippen molar-refractivity contribution < 1.29 is 9.53 Å². The molecule has 0 aromatic heterocycles. The average Bonchev–Trinajstić information content (AvgIpc) is 2.54. The molecule has 0 saturated heterocycles. The molecule has 23 heavy (non-hydrogen) atoms. The van der Waals surface area contributed by atoms with E-state index < -0.39 is 6.10 Å². The Balaban J connectivity index is 2.12. The second kappa shape index (κ2) is 8.06. The maximum Gasteiger partial charge on any atom is 0.265 e. The number of para-hydroxylation sites is 1. The van der Waals surface area contributed by atoms with E-state index in [0.717, 1.165) is 21.9 Å². The molecule has 1 atom stereocenters. The van der Waals surface area contributed by atoms with Crippen LogP contribution in [0.3, 0.4) is 0 Å². The molecule has 0 radical (unpaired) electrons. The fourth-order valence-corrected chi connectivity index (χ4v) is 2.92. The lowest BCUT2D eigenvalue weighted by Crippen LogP contribution is -2.32. The molecule has 1 N–H and O–H groups in total. The Morgan fingerprint density at radius 2 is 1.96 bits per heavy atom. The minimum Gasteiger partial charge on any atom is -0.480 e. The first-order valence-electron chi connectivity index (χ1n) is 7.73. The molecule has 2 rings (SSSR count). The molecule has 0 spiro atoms. The van der Waals surface area contributed by atoms with Gasteiger partial charge in [0, 0.05) is 4.90 Å². The van der Waals surface area contributed by atoms with E-state index in [4.69, 9.17) is 4.74 Å². The van der Waals surface area contributed by atoms with E-state index in [1.165, 1.54) is 5.56 Å². The second-order valence-electron chi connectivity index (χ2n) is 5.47. The number of ether oxygens (including phenoxy) is 1. The van der Waals surface area contributed by atoms with Crippen molar-refractivity contribution in [3.8, 4) is 5.75 Å². The summed E-state index contributed by atoms with van der Waals surface area (Å²) >= 11 is 1.61. The quantitative estimate of drug-likeness (QED) is 0.772. The van der Waals surface area contributed by atoms with Gasteiger partial charge in [0.2, 0.25) is 0 Å². The normalized spacial score (nSPS) is 11.8. The molecule has 0 heterocycles. The summed E-state index contributed by atoms with van der Waals surface area (Å²) in [4.78, 5) is 13.6. The van der Waals surface area contributed by atoms with Gasteiger partial charge in [-0.1, -0.05) is 36.8 Å². The lowest BCUT2D eigenvalue weighted by Gasteiger charge is -2.19. The van der Waals surface area contributed by atoms with Crippen LogP contribution in [0.1, 0.15) is 24.5 Å². The number of rotatable bonds is 6. The van der Waals surface area contributed by atoms with Crippen LogP contribution in [0.4, 0.5) is 5.69 Å². The van der Waals surface area contributed by atoms with Crippen molar-refractivity contribution in [3.05, 3.63) is 53.6 Å². The number of benzene rings is 2. The van der Waals surface area contributed by atoms with E-state index in [-0.39, 0.29) is 5.91 Å². The van der Waals surface area contributed by atoms with Gasteiger partial charge >= 0.3 is 0 Å². The predicted molar refractivity (Wildman–Crippen MR) is 97.5 cm³/mol. The van der Waals surface area contributed by atoms with E-state index in [2.05, 4.69) is 11.4 Å². The summed E-state index contributed by atoms with van der Waals surface area (Å²) in [6, 6.07) is 13.8. The number of carbonyl (C=O) groups excluding carboxylic acids is 1. The molecular weight excluding hydrogens is 306 g/mol. The van der Waals surface area contributed by atoms with Crippen LogP contribution in [-0.2, 0) is 4.79 Å². The SMILES string of the molecule is CC[C@@H](Oc1ccc(C)cc1C)C(=O)Nc1ccccc1SC. The van der Waals surface area contributed by atoms with Crippen molar-refractivity contribution in [2.45, 2.75) is 38.2 Å². The molecule has 0 unspecified atom stereocenters. The minimum absolute atomic E-state index is 0.117. The van der Waals surface area contributed by atoms with Gasteiger partial charge in [0.05, 0.1) is 5.69 Å². The van der Waals surface area contributed by atoms with Crippen LogP contribution in [0.15, 0.2) is 47.4 Å². The van der Waals surface area contributed by atoms with Crippen molar-refractivity contribution >= 4 is 23.4 Å². The van der Waals surface area contributed by atoms with Gasteiger partial charge < -0.3 is 10.1 Å². The molecule has 0 fully saturated rings. The largest absolute Gasteiger partial charge is 0.480 e. The molecule has 4 heteroatoms. The predicted octanol–water partition coefficient (Wildman–Crippen LogP) is 4.82. The Morgan fingerprint density at radius 1 is 1.22 bits per heavy atom. The van der Waals surface area contributed by atoms with E-state index in [9.17, 15) is 4.79 Å². The Bertz CT molecular complexity index is 685. The number of carbonyl (C=O) groups is 1. The zero-order valence-corrected chi connectivity index (χ0v) is 14.9. The Labute approximate surface area is 142 Å². The molecule has 0 bridgehead atoms. The third kappa shape index (κ3) is 4.52. The van der Waals surface area contributed by atoms with Crippen LogP contribution in [0, 0.1) is 13.8 Å². The molecule has 2 aromatic rings. The maximum atomic E-state index is 12.5. The molecule has 0 aliphatic heterocycles. The van der Waals surface area contributed by atoms with Crippen molar-refractivity contribution in [2.75, 3.05) is 11.6 Å². The van der Waals surface area contributed by atoms with Crippen molar-refractivity contribution in [3.63, 3.8) is 0 Å². The van der Waals surface area contributed by atoms with Crippen LogP contribution in [-0.4, -0.2) is 18.3 Å². The maximum absolute atomic E-state index is 12.5.